The zero-order chi connectivity index (χ0) is 10.7. The van der Waals surface area contributed by atoms with Gasteiger partial charge in [-0.25, -0.2) is 4.98 Å². The number of rotatable bonds is 3. The maximum Gasteiger partial charge on any atom is 0.269 e. The van der Waals surface area contributed by atoms with Crippen molar-refractivity contribution in [2.75, 3.05) is 0 Å². The van der Waals surface area contributed by atoms with Crippen LogP contribution >= 0.6 is 27.5 Å². The molecule has 5 nitrogen and oxygen atoms in total. The standard InChI is InChI=1S/C7H7BrClN3O2/c8-5-6(9)11-3-12(7(5)14)2-1-4(10)13/h3H,1-2H2,(H2,10,13). The Hall–Kier alpha value is -0.880. The van der Waals surface area contributed by atoms with Crippen molar-refractivity contribution in [1.82, 2.24) is 9.55 Å². The van der Waals surface area contributed by atoms with Crippen molar-refractivity contribution < 1.29 is 4.79 Å². The van der Waals surface area contributed by atoms with Crippen LogP contribution in [0.2, 0.25) is 5.15 Å². The van der Waals surface area contributed by atoms with Crippen LogP contribution in [-0.4, -0.2) is 15.5 Å². The molecular formula is C7H7BrClN3O2. The second-order valence-corrected chi connectivity index (χ2v) is 3.72. The molecule has 1 heterocycles. The Bertz CT molecular complexity index is 418. The van der Waals surface area contributed by atoms with E-state index in [1.165, 1.54) is 10.9 Å². The molecule has 0 saturated heterocycles. The van der Waals surface area contributed by atoms with Crippen LogP contribution in [0.5, 0.6) is 0 Å². The zero-order valence-electron chi connectivity index (χ0n) is 7.04. The SMILES string of the molecule is NC(=O)CCn1cnc(Cl)c(Br)c1=O. The third kappa shape index (κ3) is 2.55. The number of hydrogen-bond acceptors (Lipinski definition) is 3. The molecule has 0 bridgehead atoms. The number of nitrogens with two attached hydrogens (primary N) is 1. The minimum absolute atomic E-state index is 0.0929. The van der Waals surface area contributed by atoms with Crippen molar-refractivity contribution in [2.45, 2.75) is 13.0 Å². The molecule has 1 aromatic heterocycles. The molecule has 0 spiro atoms. The first-order chi connectivity index (χ1) is 6.52. The van der Waals surface area contributed by atoms with Crippen LogP contribution in [0.1, 0.15) is 6.42 Å². The molecule has 76 valence electrons. The van der Waals surface area contributed by atoms with E-state index in [9.17, 15) is 9.59 Å². The quantitative estimate of drug-likeness (QED) is 0.821. The number of carbonyl (C=O) groups is 1. The minimum Gasteiger partial charge on any atom is -0.370 e. The molecular weight excluding hydrogens is 273 g/mol. The number of aryl methyl sites for hydroxylation is 1. The summed E-state index contributed by atoms with van der Waals surface area (Å²) < 4.78 is 1.45. The zero-order valence-corrected chi connectivity index (χ0v) is 9.38. The van der Waals surface area contributed by atoms with Gasteiger partial charge in [0.1, 0.15) is 4.47 Å². The van der Waals surface area contributed by atoms with Crippen molar-refractivity contribution in [3.05, 3.63) is 26.3 Å². The first-order valence-electron chi connectivity index (χ1n) is 3.71. The second-order valence-electron chi connectivity index (χ2n) is 2.56. The van der Waals surface area contributed by atoms with Crippen LogP contribution < -0.4 is 11.3 Å². The summed E-state index contributed by atoms with van der Waals surface area (Å²) in [7, 11) is 0. The van der Waals surface area contributed by atoms with E-state index in [1.54, 1.807) is 0 Å². The van der Waals surface area contributed by atoms with Gasteiger partial charge in [0.25, 0.3) is 5.56 Å². The highest BCUT2D eigenvalue weighted by molar-refractivity contribution is 9.10. The molecule has 0 aromatic carbocycles. The fraction of sp³-hybridized carbons (Fsp3) is 0.286. The fourth-order valence-electron chi connectivity index (χ4n) is 0.834. The molecule has 0 aliphatic rings. The Morgan fingerprint density at radius 3 is 2.93 bits per heavy atom. The highest BCUT2D eigenvalue weighted by Crippen LogP contribution is 2.13. The van der Waals surface area contributed by atoms with Crippen LogP contribution in [0.25, 0.3) is 0 Å². The molecule has 7 heteroatoms. The number of carbonyl (C=O) groups excluding carboxylic acids is 1. The molecule has 0 aliphatic carbocycles. The predicted molar refractivity (Wildman–Crippen MR) is 55.0 cm³/mol. The van der Waals surface area contributed by atoms with E-state index >= 15 is 0 Å². The van der Waals surface area contributed by atoms with Crippen molar-refractivity contribution in [3.63, 3.8) is 0 Å². The Labute approximate surface area is 93.0 Å². The Kier molecular flexibility index (Phi) is 3.65. The highest BCUT2D eigenvalue weighted by atomic mass is 79.9. The highest BCUT2D eigenvalue weighted by Gasteiger charge is 2.07. The van der Waals surface area contributed by atoms with Gasteiger partial charge in [-0.05, 0) is 15.9 Å². The summed E-state index contributed by atoms with van der Waals surface area (Å²) >= 11 is 8.58. The number of amides is 1. The lowest BCUT2D eigenvalue weighted by Crippen LogP contribution is -2.24. The first-order valence-corrected chi connectivity index (χ1v) is 4.88. The van der Waals surface area contributed by atoms with E-state index in [1.807, 2.05) is 0 Å². The molecule has 0 fully saturated rings. The van der Waals surface area contributed by atoms with Gasteiger partial charge in [0.15, 0.2) is 5.15 Å². The Balaban J connectivity index is 2.95. The summed E-state index contributed by atoms with van der Waals surface area (Å²) in [6, 6.07) is 0. The third-order valence-corrected chi connectivity index (χ3v) is 2.77. The molecule has 0 saturated carbocycles. The molecule has 1 amide bonds. The monoisotopic (exact) mass is 279 g/mol. The number of halogens is 2. The molecule has 1 aromatic rings. The Morgan fingerprint density at radius 2 is 2.36 bits per heavy atom. The van der Waals surface area contributed by atoms with E-state index in [0.717, 1.165) is 0 Å². The van der Waals surface area contributed by atoms with Crippen LogP contribution in [0.4, 0.5) is 0 Å². The lowest BCUT2D eigenvalue weighted by Gasteiger charge is -2.03. The van der Waals surface area contributed by atoms with Gasteiger partial charge in [0.2, 0.25) is 5.91 Å². The number of nitrogens with zero attached hydrogens (tertiary/aromatic N) is 2. The molecule has 0 aliphatic heterocycles. The van der Waals surface area contributed by atoms with Crippen LogP contribution in [0.3, 0.4) is 0 Å². The lowest BCUT2D eigenvalue weighted by atomic mass is 10.4. The van der Waals surface area contributed by atoms with Crippen LogP contribution in [0, 0.1) is 0 Å². The average Bonchev–Trinajstić information content (AvgIpc) is 2.13. The lowest BCUT2D eigenvalue weighted by molar-refractivity contribution is -0.118. The topological polar surface area (TPSA) is 78.0 Å². The van der Waals surface area contributed by atoms with Crippen LogP contribution in [0.15, 0.2) is 15.6 Å². The van der Waals surface area contributed by atoms with Crippen molar-refractivity contribution in [2.24, 2.45) is 5.73 Å². The summed E-state index contributed by atoms with van der Waals surface area (Å²) in [6.45, 7) is 0.205. The number of aromatic nitrogens is 2. The number of primary amides is 1. The van der Waals surface area contributed by atoms with E-state index < -0.39 is 5.91 Å². The molecule has 14 heavy (non-hydrogen) atoms. The van der Waals surface area contributed by atoms with Crippen molar-refractivity contribution in [3.8, 4) is 0 Å². The van der Waals surface area contributed by atoms with E-state index in [-0.39, 0.29) is 28.2 Å². The van der Waals surface area contributed by atoms with Gasteiger partial charge >= 0.3 is 0 Å². The maximum absolute atomic E-state index is 11.4. The van der Waals surface area contributed by atoms with Gasteiger partial charge < -0.3 is 5.73 Å². The molecule has 0 radical (unpaired) electrons. The molecule has 0 unspecified atom stereocenters. The fourth-order valence-corrected chi connectivity index (χ4v) is 1.29. The summed E-state index contributed by atoms with van der Waals surface area (Å²) in [4.78, 5) is 25.7. The largest absolute Gasteiger partial charge is 0.370 e. The van der Waals surface area contributed by atoms with Crippen LogP contribution in [-0.2, 0) is 11.3 Å². The number of hydrogen-bond donors (Lipinski definition) is 1. The van der Waals surface area contributed by atoms with E-state index in [0.29, 0.717) is 0 Å². The summed E-state index contributed by atoms with van der Waals surface area (Å²) in [5.41, 5.74) is 4.62. The first kappa shape index (κ1) is 11.2. The van der Waals surface area contributed by atoms with E-state index in [4.69, 9.17) is 17.3 Å². The van der Waals surface area contributed by atoms with Gasteiger partial charge in [-0.1, -0.05) is 11.6 Å². The smallest absolute Gasteiger partial charge is 0.269 e. The van der Waals surface area contributed by atoms with Gasteiger partial charge in [-0.2, -0.15) is 0 Å². The van der Waals surface area contributed by atoms with Gasteiger partial charge in [0.05, 0.1) is 6.33 Å². The summed E-state index contributed by atoms with van der Waals surface area (Å²) in [5.74, 6) is -0.469. The average molecular weight is 281 g/mol. The minimum atomic E-state index is -0.469. The van der Waals surface area contributed by atoms with Gasteiger partial charge in [-0.15, -0.1) is 0 Å². The van der Waals surface area contributed by atoms with Crippen molar-refractivity contribution in [1.29, 1.82) is 0 Å². The Morgan fingerprint density at radius 1 is 1.71 bits per heavy atom. The molecule has 0 atom stereocenters. The third-order valence-electron chi connectivity index (χ3n) is 1.54. The predicted octanol–water partition coefficient (Wildman–Crippen LogP) is 0.535. The second kappa shape index (κ2) is 4.56. The van der Waals surface area contributed by atoms with E-state index in [2.05, 4.69) is 20.9 Å². The molecule has 2 N–H and O–H groups in total. The van der Waals surface area contributed by atoms with Gasteiger partial charge in [0, 0.05) is 13.0 Å². The normalized spacial score (nSPS) is 10.1. The maximum atomic E-state index is 11.4. The van der Waals surface area contributed by atoms with Crippen molar-refractivity contribution >= 4 is 33.4 Å². The van der Waals surface area contributed by atoms with Gasteiger partial charge in [-0.3, -0.25) is 14.2 Å². The summed E-state index contributed by atoms with van der Waals surface area (Å²) in [5, 5.41) is 0.102. The molecule has 1 rings (SSSR count). The summed E-state index contributed by atoms with van der Waals surface area (Å²) in [6.07, 6.45) is 1.37.